The number of aromatic nitrogens is 2. The topological polar surface area (TPSA) is 41.0 Å². The molecular formula is C14H24N4S. The van der Waals surface area contributed by atoms with Crippen molar-refractivity contribution in [2.24, 2.45) is 11.8 Å². The number of piperidine rings is 1. The van der Waals surface area contributed by atoms with Gasteiger partial charge < -0.3 is 10.2 Å². The predicted octanol–water partition coefficient (Wildman–Crippen LogP) is 3.11. The highest BCUT2D eigenvalue weighted by Crippen LogP contribution is 2.31. The maximum atomic E-state index is 4.68. The minimum absolute atomic E-state index is 0.533. The molecule has 1 aromatic rings. The zero-order valence-electron chi connectivity index (χ0n) is 12.5. The van der Waals surface area contributed by atoms with E-state index in [1.165, 1.54) is 6.42 Å². The lowest BCUT2D eigenvalue weighted by molar-refractivity contribution is 0.295. The molecule has 3 atom stereocenters. The summed E-state index contributed by atoms with van der Waals surface area (Å²) in [4.78, 5) is 11.6. The number of anilines is 2. The molecule has 1 aromatic heterocycles. The van der Waals surface area contributed by atoms with Crippen molar-refractivity contribution >= 4 is 23.4 Å². The molecule has 5 heteroatoms. The van der Waals surface area contributed by atoms with Gasteiger partial charge in [-0.2, -0.15) is 0 Å². The fraction of sp³-hybridized carbons (Fsp3) is 0.714. The largest absolute Gasteiger partial charge is 0.373 e. The SMILES string of the molecule is CNc1cc(N2CC(C)CC(C)C2C)nc(SC)n1. The molecule has 0 spiro atoms. The van der Waals surface area contributed by atoms with Gasteiger partial charge in [0.1, 0.15) is 11.6 Å². The van der Waals surface area contributed by atoms with Crippen molar-refractivity contribution in [2.45, 2.75) is 38.4 Å². The molecule has 1 aliphatic heterocycles. The Hall–Kier alpha value is -0.970. The number of nitrogens with one attached hydrogen (secondary N) is 1. The van der Waals surface area contributed by atoms with Crippen LogP contribution in [0.3, 0.4) is 0 Å². The first-order valence-corrected chi connectivity index (χ1v) is 8.15. The van der Waals surface area contributed by atoms with Gasteiger partial charge in [0.15, 0.2) is 5.16 Å². The quantitative estimate of drug-likeness (QED) is 0.680. The van der Waals surface area contributed by atoms with Crippen LogP contribution in [0.15, 0.2) is 11.2 Å². The van der Waals surface area contributed by atoms with Gasteiger partial charge in [-0.15, -0.1) is 0 Å². The van der Waals surface area contributed by atoms with Crippen LogP contribution < -0.4 is 10.2 Å². The summed E-state index contributed by atoms with van der Waals surface area (Å²) < 4.78 is 0. The fourth-order valence-corrected chi connectivity index (χ4v) is 3.17. The van der Waals surface area contributed by atoms with Gasteiger partial charge in [-0.3, -0.25) is 0 Å². The molecule has 0 aromatic carbocycles. The van der Waals surface area contributed by atoms with Gasteiger partial charge in [-0.05, 0) is 31.4 Å². The highest BCUT2D eigenvalue weighted by Gasteiger charge is 2.30. The Labute approximate surface area is 120 Å². The molecule has 3 unspecified atom stereocenters. The fourth-order valence-electron chi connectivity index (χ4n) is 2.80. The molecule has 106 valence electrons. The van der Waals surface area contributed by atoms with Gasteiger partial charge in [0.05, 0.1) is 0 Å². The van der Waals surface area contributed by atoms with Crippen LogP contribution in [0.25, 0.3) is 0 Å². The predicted molar refractivity (Wildman–Crippen MR) is 83.1 cm³/mol. The highest BCUT2D eigenvalue weighted by molar-refractivity contribution is 7.98. The van der Waals surface area contributed by atoms with Gasteiger partial charge in [0.2, 0.25) is 0 Å². The minimum atomic E-state index is 0.533. The number of hydrogen-bond acceptors (Lipinski definition) is 5. The molecular weight excluding hydrogens is 256 g/mol. The highest BCUT2D eigenvalue weighted by atomic mass is 32.2. The third kappa shape index (κ3) is 3.14. The summed E-state index contributed by atoms with van der Waals surface area (Å²) in [5.74, 6) is 3.37. The molecule has 0 amide bonds. The molecule has 19 heavy (non-hydrogen) atoms. The minimum Gasteiger partial charge on any atom is -0.373 e. The smallest absolute Gasteiger partial charge is 0.191 e. The summed E-state index contributed by atoms with van der Waals surface area (Å²) in [5.41, 5.74) is 0. The Morgan fingerprint density at radius 2 is 2.05 bits per heavy atom. The van der Waals surface area contributed by atoms with Crippen LogP contribution >= 0.6 is 11.8 Å². The van der Waals surface area contributed by atoms with Crippen molar-refractivity contribution in [1.29, 1.82) is 0 Å². The maximum absolute atomic E-state index is 4.68. The summed E-state index contributed by atoms with van der Waals surface area (Å²) in [5, 5.41) is 3.96. The Bertz CT molecular complexity index is 415. The van der Waals surface area contributed by atoms with Crippen molar-refractivity contribution in [2.75, 3.05) is 30.1 Å². The zero-order chi connectivity index (χ0) is 14.0. The molecule has 0 saturated carbocycles. The average molecular weight is 280 g/mol. The monoisotopic (exact) mass is 280 g/mol. The van der Waals surface area contributed by atoms with Gasteiger partial charge in [0.25, 0.3) is 0 Å². The van der Waals surface area contributed by atoms with Crippen LogP contribution in [0, 0.1) is 11.8 Å². The van der Waals surface area contributed by atoms with Crippen LogP contribution in [-0.4, -0.2) is 35.9 Å². The molecule has 1 fully saturated rings. The molecule has 0 bridgehead atoms. The summed E-state index contributed by atoms with van der Waals surface area (Å²) >= 11 is 1.59. The van der Waals surface area contributed by atoms with Crippen LogP contribution in [-0.2, 0) is 0 Å². The number of rotatable bonds is 3. The van der Waals surface area contributed by atoms with E-state index in [0.29, 0.717) is 12.0 Å². The summed E-state index contributed by atoms with van der Waals surface area (Å²) in [7, 11) is 1.90. The Morgan fingerprint density at radius 3 is 2.68 bits per heavy atom. The van der Waals surface area contributed by atoms with Crippen LogP contribution in [0.5, 0.6) is 0 Å². The number of thioether (sulfide) groups is 1. The third-order valence-corrected chi connectivity index (χ3v) is 4.57. The zero-order valence-corrected chi connectivity index (χ0v) is 13.3. The number of nitrogens with zero attached hydrogens (tertiary/aromatic N) is 3. The van der Waals surface area contributed by atoms with Crippen molar-refractivity contribution in [3.63, 3.8) is 0 Å². The second-order valence-corrected chi connectivity index (χ2v) is 6.33. The van der Waals surface area contributed by atoms with Crippen molar-refractivity contribution in [3.8, 4) is 0 Å². The Balaban J connectivity index is 2.33. The summed E-state index contributed by atoms with van der Waals surface area (Å²) in [6.07, 6.45) is 3.32. The molecule has 1 N–H and O–H groups in total. The average Bonchev–Trinajstić information content (AvgIpc) is 2.42. The second-order valence-electron chi connectivity index (χ2n) is 5.56. The first-order valence-electron chi connectivity index (χ1n) is 6.92. The van der Waals surface area contributed by atoms with E-state index in [1.807, 2.05) is 13.3 Å². The van der Waals surface area contributed by atoms with E-state index < -0.39 is 0 Å². The van der Waals surface area contributed by atoms with E-state index >= 15 is 0 Å². The van der Waals surface area contributed by atoms with Crippen molar-refractivity contribution < 1.29 is 0 Å². The molecule has 1 saturated heterocycles. The summed E-state index contributed by atoms with van der Waals surface area (Å²) in [6, 6.07) is 2.59. The van der Waals surface area contributed by atoms with Gasteiger partial charge >= 0.3 is 0 Å². The van der Waals surface area contributed by atoms with Crippen molar-refractivity contribution in [1.82, 2.24) is 9.97 Å². The van der Waals surface area contributed by atoms with E-state index in [1.54, 1.807) is 11.8 Å². The van der Waals surface area contributed by atoms with E-state index in [4.69, 9.17) is 0 Å². The standard InChI is InChI=1S/C14H24N4S/c1-9-6-10(2)11(3)18(8-9)13-7-12(15-4)16-14(17-13)19-5/h7,9-11H,6,8H2,1-5H3,(H,15,16,17). The first kappa shape index (κ1) is 14.4. The molecule has 0 radical (unpaired) electrons. The van der Waals surface area contributed by atoms with E-state index in [-0.39, 0.29) is 0 Å². The van der Waals surface area contributed by atoms with E-state index in [0.717, 1.165) is 29.3 Å². The van der Waals surface area contributed by atoms with Gasteiger partial charge in [-0.25, -0.2) is 9.97 Å². The van der Waals surface area contributed by atoms with Gasteiger partial charge in [0, 0.05) is 25.7 Å². The van der Waals surface area contributed by atoms with Crippen molar-refractivity contribution in [3.05, 3.63) is 6.07 Å². The molecule has 1 aliphatic rings. The lowest BCUT2D eigenvalue weighted by Gasteiger charge is -2.42. The van der Waals surface area contributed by atoms with E-state index in [2.05, 4.69) is 47.0 Å². The molecule has 2 rings (SSSR count). The van der Waals surface area contributed by atoms with Gasteiger partial charge in [-0.1, -0.05) is 25.6 Å². The van der Waals surface area contributed by atoms with Crippen LogP contribution in [0.1, 0.15) is 27.2 Å². The van der Waals surface area contributed by atoms with E-state index in [9.17, 15) is 0 Å². The molecule has 0 aliphatic carbocycles. The molecule has 2 heterocycles. The lowest BCUT2D eigenvalue weighted by atomic mass is 9.86. The van der Waals surface area contributed by atoms with Crippen LogP contribution in [0.2, 0.25) is 0 Å². The Morgan fingerprint density at radius 1 is 1.32 bits per heavy atom. The Kier molecular flexibility index (Phi) is 4.55. The van der Waals surface area contributed by atoms with Crippen LogP contribution in [0.4, 0.5) is 11.6 Å². The first-order chi connectivity index (χ1) is 9.05. The summed E-state index contributed by atoms with van der Waals surface area (Å²) in [6.45, 7) is 8.05. The normalized spacial score (nSPS) is 27.4. The maximum Gasteiger partial charge on any atom is 0.191 e. The molecule has 4 nitrogen and oxygen atoms in total. The number of hydrogen-bond donors (Lipinski definition) is 1. The second kappa shape index (κ2) is 5.99. The third-order valence-electron chi connectivity index (χ3n) is 4.02. The lowest BCUT2D eigenvalue weighted by Crippen LogP contribution is -2.46.